The second-order valence-electron chi connectivity index (χ2n) is 4.46. The smallest absolute Gasteiger partial charge is 0.272 e. The number of hydrogen-bond acceptors (Lipinski definition) is 7. The highest BCUT2D eigenvalue weighted by molar-refractivity contribution is 7.89. The predicted molar refractivity (Wildman–Crippen MR) is 82.7 cm³/mol. The van der Waals surface area contributed by atoms with Crippen LogP contribution in [-0.4, -0.2) is 29.2 Å². The van der Waals surface area contributed by atoms with E-state index in [9.17, 15) is 23.3 Å². The van der Waals surface area contributed by atoms with Crippen LogP contribution in [0.5, 0.6) is 0 Å². The van der Waals surface area contributed by atoms with E-state index in [2.05, 4.69) is 9.97 Å². The van der Waals surface area contributed by atoms with Crippen LogP contribution in [0.3, 0.4) is 0 Å². The van der Waals surface area contributed by atoms with Crippen LogP contribution in [0, 0.1) is 17.0 Å². The van der Waals surface area contributed by atoms with Gasteiger partial charge in [-0.3, -0.25) is 25.3 Å². The molecule has 2 rings (SSSR count). The zero-order chi connectivity index (χ0) is 17.9. The van der Waals surface area contributed by atoms with Gasteiger partial charge in [-0.1, -0.05) is 11.6 Å². The van der Waals surface area contributed by atoms with Gasteiger partial charge in [0.15, 0.2) is 0 Å². The molecule has 0 saturated heterocycles. The van der Waals surface area contributed by atoms with Crippen molar-refractivity contribution in [3.05, 3.63) is 57.1 Å². The molecule has 2 aromatic rings. The monoisotopic (exact) mass is 371 g/mol. The summed E-state index contributed by atoms with van der Waals surface area (Å²) >= 11 is 5.83. The number of carbonyl (C=O) groups excluding carboxylic acids is 1. The molecule has 10 nitrogen and oxygen atoms in total. The van der Waals surface area contributed by atoms with Crippen molar-refractivity contribution in [1.29, 1.82) is 0 Å². The van der Waals surface area contributed by atoms with Crippen LogP contribution >= 0.6 is 11.6 Å². The summed E-state index contributed by atoms with van der Waals surface area (Å²) in [6.45, 7) is 1.39. The fourth-order valence-electron chi connectivity index (χ4n) is 1.64. The Balaban J connectivity index is 2.25. The van der Waals surface area contributed by atoms with Crippen molar-refractivity contribution in [2.45, 2.75) is 11.8 Å². The third kappa shape index (κ3) is 3.82. The Labute approximate surface area is 141 Å². The predicted octanol–water partition coefficient (Wildman–Crippen LogP) is 0.970. The van der Waals surface area contributed by atoms with Crippen molar-refractivity contribution >= 4 is 33.2 Å². The van der Waals surface area contributed by atoms with Crippen molar-refractivity contribution in [2.24, 2.45) is 0 Å². The van der Waals surface area contributed by atoms with Gasteiger partial charge in [0.05, 0.1) is 21.0 Å². The van der Waals surface area contributed by atoms with Crippen LogP contribution in [0.25, 0.3) is 0 Å². The molecule has 1 aromatic carbocycles. The van der Waals surface area contributed by atoms with E-state index in [1.54, 1.807) is 0 Å². The number of nitro groups is 1. The number of nitro benzene ring substituents is 1. The highest BCUT2D eigenvalue weighted by Crippen LogP contribution is 2.29. The molecule has 0 atom stereocenters. The molecule has 126 valence electrons. The molecule has 1 aromatic heterocycles. The molecule has 2 N–H and O–H groups in total. The molecular formula is C12H10ClN5O5S. The molecule has 0 fully saturated rings. The lowest BCUT2D eigenvalue weighted by atomic mass is 10.2. The van der Waals surface area contributed by atoms with Crippen LogP contribution in [0.15, 0.2) is 35.6 Å². The first-order valence-corrected chi connectivity index (χ1v) is 8.11. The fraction of sp³-hybridized carbons (Fsp3) is 0.0833. The van der Waals surface area contributed by atoms with Gasteiger partial charge in [-0.25, -0.2) is 13.4 Å². The van der Waals surface area contributed by atoms with Crippen molar-refractivity contribution < 1.29 is 18.1 Å². The average molecular weight is 372 g/mol. The molecular weight excluding hydrogens is 362 g/mol. The number of hydrazine groups is 1. The van der Waals surface area contributed by atoms with E-state index in [0.717, 1.165) is 18.3 Å². The Morgan fingerprint density at radius 3 is 2.62 bits per heavy atom. The summed E-state index contributed by atoms with van der Waals surface area (Å²) in [6, 6.07) is 1.89. The van der Waals surface area contributed by atoms with Gasteiger partial charge in [0.1, 0.15) is 5.69 Å². The number of amides is 1. The Morgan fingerprint density at radius 1 is 1.33 bits per heavy atom. The molecule has 0 saturated carbocycles. The van der Waals surface area contributed by atoms with E-state index in [0.29, 0.717) is 0 Å². The maximum absolute atomic E-state index is 12.2. The Morgan fingerprint density at radius 2 is 2.04 bits per heavy atom. The summed E-state index contributed by atoms with van der Waals surface area (Å²) in [5.41, 5.74) is 1.48. The normalized spacial score (nSPS) is 11.1. The van der Waals surface area contributed by atoms with Gasteiger partial charge >= 0.3 is 0 Å². The Hall–Kier alpha value is -2.63. The van der Waals surface area contributed by atoms with Gasteiger partial charge < -0.3 is 0 Å². The first-order chi connectivity index (χ1) is 11.2. The number of nitrogens with one attached hydrogen (secondary N) is 2. The first-order valence-electron chi connectivity index (χ1n) is 6.25. The lowest BCUT2D eigenvalue weighted by Gasteiger charge is -2.09. The number of rotatable bonds is 5. The summed E-state index contributed by atoms with van der Waals surface area (Å²) in [7, 11) is -4.28. The molecule has 1 heterocycles. The van der Waals surface area contributed by atoms with Gasteiger partial charge in [0.25, 0.3) is 21.6 Å². The number of hydrogen-bond donors (Lipinski definition) is 2. The van der Waals surface area contributed by atoms with Gasteiger partial charge in [0.2, 0.25) is 0 Å². The highest BCUT2D eigenvalue weighted by atomic mass is 35.5. The summed E-state index contributed by atoms with van der Waals surface area (Å²) in [5, 5.41) is 10.9. The highest BCUT2D eigenvalue weighted by Gasteiger charge is 2.23. The largest absolute Gasteiger partial charge is 0.286 e. The van der Waals surface area contributed by atoms with E-state index >= 15 is 0 Å². The summed E-state index contributed by atoms with van der Waals surface area (Å²) in [4.78, 5) is 30.6. The average Bonchev–Trinajstić information content (AvgIpc) is 2.55. The standard InChI is InChI=1S/C12H10ClN5O5S/c1-7-9(13)4-8(5-11(7)18(20)21)24(22,23)17-16-12(19)10-6-14-2-3-15-10/h2-6,17H,1H3,(H,16,19). The van der Waals surface area contributed by atoms with Crippen LogP contribution in [0.1, 0.15) is 16.1 Å². The molecule has 0 spiro atoms. The number of carbonyl (C=O) groups is 1. The van der Waals surface area contributed by atoms with Gasteiger partial charge in [-0.2, -0.15) is 0 Å². The lowest BCUT2D eigenvalue weighted by molar-refractivity contribution is -0.385. The third-order valence-electron chi connectivity index (χ3n) is 2.89. The van der Waals surface area contributed by atoms with Gasteiger partial charge in [0, 0.05) is 24.0 Å². The molecule has 0 aliphatic rings. The van der Waals surface area contributed by atoms with E-state index in [1.807, 2.05) is 10.3 Å². The number of aromatic nitrogens is 2. The Bertz CT molecular complexity index is 904. The third-order valence-corrected chi connectivity index (χ3v) is 4.51. The van der Waals surface area contributed by atoms with Crippen molar-refractivity contribution in [3.63, 3.8) is 0 Å². The van der Waals surface area contributed by atoms with Gasteiger partial charge in [-0.05, 0) is 13.0 Å². The van der Waals surface area contributed by atoms with Crippen molar-refractivity contribution in [3.8, 4) is 0 Å². The number of nitrogens with zero attached hydrogens (tertiary/aromatic N) is 3. The molecule has 0 aliphatic heterocycles. The topological polar surface area (TPSA) is 144 Å². The minimum atomic E-state index is -4.28. The van der Waals surface area contributed by atoms with Crippen LogP contribution in [-0.2, 0) is 10.0 Å². The number of sulfonamides is 1. The summed E-state index contributed by atoms with van der Waals surface area (Å²) < 4.78 is 24.3. The molecule has 12 heteroatoms. The van der Waals surface area contributed by atoms with Crippen LogP contribution < -0.4 is 10.3 Å². The SMILES string of the molecule is Cc1c(Cl)cc(S(=O)(=O)NNC(=O)c2cnccn2)cc1[N+](=O)[O-]. The molecule has 0 radical (unpaired) electrons. The molecule has 0 unspecified atom stereocenters. The maximum Gasteiger partial charge on any atom is 0.286 e. The van der Waals surface area contributed by atoms with Crippen molar-refractivity contribution in [2.75, 3.05) is 0 Å². The minimum Gasteiger partial charge on any atom is -0.272 e. The molecule has 1 amide bonds. The van der Waals surface area contributed by atoms with E-state index in [1.165, 1.54) is 19.3 Å². The molecule has 0 bridgehead atoms. The number of benzene rings is 1. The second kappa shape index (κ2) is 6.86. The quantitative estimate of drug-likeness (QED) is 0.588. The van der Waals surface area contributed by atoms with Crippen molar-refractivity contribution in [1.82, 2.24) is 20.2 Å². The number of halogens is 1. The lowest BCUT2D eigenvalue weighted by Crippen LogP contribution is -2.41. The van der Waals surface area contributed by atoms with Crippen LogP contribution in [0.4, 0.5) is 5.69 Å². The first kappa shape index (κ1) is 17.7. The second-order valence-corrected chi connectivity index (χ2v) is 6.55. The Kier molecular flexibility index (Phi) is 5.07. The molecule has 24 heavy (non-hydrogen) atoms. The fourth-order valence-corrected chi connectivity index (χ4v) is 2.80. The van der Waals surface area contributed by atoms with E-state index < -0.39 is 31.4 Å². The van der Waals surface area contributed by atoms with E-state index in [4.69, 9.17) is 11.6 Å². The van der Waals surface area contributed by atoms with Gasteiger partial charge in [-0.15, -0.1) is 4.83 Å². The minimum absolute atomic E-state index is 0.0928. The zero-order valence-electron chi connectivity index (χ0n) is 12.1. The molecule has 0 aliphatic carbocycles. The summed E-state index contributed by atoms with van der Waals surface area (Å²) in [6.07, 6.45) is 3.73. The van der Waals surface area contributed by atoms with E-state index in [-0.39, 0.29) is 16.3 Å². The maximum atomic E-state index is 12.2. The van der Waals surface area contributed by atoms with Crippen LogP contribution in [0.2, 0.25) is 5.02 Å². The summed E-state index contributed by atoms with van der Waals surface area (Å²) in [5.74, 6) is -0.848. The zero-order valence-corrected chi connectivity index (χ0v) is 13.6.